The molecule has 5 rings (SSSR count). The molecule has 0 N–H and O–H groups in total. The van der Waals surface area contributed by atoms with E-state index in [1.54, 1.807) is 14.2 Å². The highest BCUT2D eigenvalue weighted by molar-refractivity contribution is 6.02. The Morgan fingerprint density at radius 2 is 1.69 bits per heavy atom. The summed E-state index contributed by atoms with van der Waals surface area (Å²) in [6.07, 6.45) is 5.22. The third-order valence-electron chi connectivity index (χ3n) is 6.68. The Bertz CT molecular complexity index is 930. The molecule has 2 aliphatic heterocycles. The van der Waals surface area contributed by atoms with Crippen molar-refractivity contribution in [2.75, 3.05) is 14.2 Å². The molecule has 1 aliphatic carbocycles. The highest BCUT2D eigenvalue weighted by atomic mass is 16.5. The van der Waals surface area contributed by atoms with Gasteiger partial charge in [-0.1, -0.05) is 6.92 Å². The predicted octanol–water partition coefficient (Wildman–Crippen LogP) is 5.15. The SMILES string of the molecule is COc1ccc(C2=NN3[C@@H](C2)c2cc(OC)ccc2OC32CCC(C)CC2)cc1. The van der Waals surface area contributed by atoms with Crippen molar-refractivity contribution >= 4 is 5.71 Å². The number of benzene rings is 2. The van der Waals surface area contributed by atoms with Crippen LogP contribution < -0.4 is 14.2 Å². The molecule has 2 aromatic carbocycles. The number of fused-ring (bicyclic) bond motifs is 4. The smallest absolute Gasteiger partial charge is 0.198 e. The van der Waals surface area contributed by atoms with E-state index in [0.717, 1.165) is 53.7 Å². The van der Waals surface area contributed by atoms with Crippen LogP contribution in [0.4, 0.5) is 0 Å². The number of hydrogen-bond acceptors (Lipinski definition) is 5. The summed E-state index contributed by atoms with van der Waals surface area (Å²) in [7, 11) is 3.40. The van der Waals surface area contributed by atoms with Gasteiger partial charge in [-0.2, -0.15) is 5.10 Å². The average Bonchev–Trinajstić information content (AvgIpc) is 3.22. The van der Waals surface area contributed by atoms with Gasteiger partial charge in [0, 0.05) is 24.8 Å². The second-order valence-electron chi connectivity index (χ2n) is 8.47. The van der Waals surface area contributed by atoms with E-state index in [-0.39, 0.29) is 11.8 Å². The average molecular weight is 392 g/mol. The molecule has 0 aromatic heterocycles. The summed E-state index contributed by atoms with van der Waals surface area (Å²) in [6.45, 7) is 2.34. The molecule has 3 aliphatic rings. The third kappa shape index (κ3) is 3.04. The molecule has 0 radical (unpaired) electrons. The van der Waals surface area contributed by atoms with Crippen molar-refractivity contribution in [2.24, 2.45) is 11.0 Å². The summed E-state index contributed by atoms with van der Waals surface area (Å²) < 4.78 is 17.5. The number of methoxy groups -OCH3 is 2. The Hall–Kier alpha value is -2.69. The second-order valence-corrected chi connectivity index (χ2v) is 8.47. The van der Waals surface area contributed by atoms with Crippen LogP contribution in [0, 0.1) is 5.92 Å². The minimum atomic E-state index is -0.340. The van der Waals surface area contributed by atoms with Crippen LogP contribution in [0.3, 0.4) is 0 Å². The summed E-state index contributed by atoms with van der Waals surface area (Å²) in [5.74, 6) is 3.44. The fraction of sp³-hybridized carbons (Fsp3) is 0.458. The number of nitrogens with zero attached hydrogens (tertiary/aromatic N) is 2. The number of ether oxygens (including phenoxy) is 3. The van der Waals surface area contributed by atoms with E-state index < -0.39 is 0 Å². The molecule has 152 valence electrons. The molecule has 0 saturated heterocycles. The van der Waals surface area contributed by atoms with Gasteiger partial charge >= 0.3 is 0 Å². The summed E-state index contributed by atoms with van der Waals surface area (Å²) in [6, 6.07) is 14.5. The summed E-state index contributed by atoms with van der Waals surface area (Å²) in [5.41, 5.74) is 3.08. The Kier molecular flexibility index (Phi) is 4.41. The van der Waals surface area contributed by atoms with E-state index in [9.17, 15) is 0 Å². The van der Waals surface area contributed by atoms with Gasteiger partial charge in [0.15, 0.2) is 5.72 Å². The molecule has 1 spiro atoms. The molecule has 1 atom stereocenters. The van der Waals surface area contributed by atoms with Gasteiger partial charge in [-0.3, -0.25) is 0 Å². The Morgan fingerprint density at radius 3 is 2.38 bits per heavy atom. The lowest BCUT2D eigenvalue weighted by atomic mass is 9.82. The molecule has 2 aromatic rings. The van der Waals surface area contributed by atoms with Crippen LogP contribution >= 0.6 is 0 Å². The first kappa shape index (κ1) is 18.3. The van der Waals surface area contributed by atoms with Gasteiger partial charge in [-0.15, -0.1) is 0 Å². The van der Waals surface area contributed by atoms with Crippen LogP contribution in [0.25, 0.3) is 0 Å². The zero-order valence-corrected chi connectivity index (χ0v) is 17.4. The maximum Gasteiger partial charge on any atom is 0.198 e. The first-order chi connectivity index (χ1) is 14.1. The molecular weight excluding hydrogens is 364 g/mol. The lowest BCUT2D eigenvalue weighted by Crippen LogP contribution is -2.55. The van der Waals surface area contributed by atoms with Crippen molar-refractivity contribution in [2.45, 2.75) is 50.8 Å². The van der Waals surface area contributed by atoms with Crippen LogP contribution in [0.2, 0.25) is 0 Å². The topological polar surface area (TPSA) is 43.3 Å². The zero-order valence-electron chi connectivity index (χ0n) is 17.4. The fourth-order valence-electron chi connectivity index (χ4n) is 4.89. The highest BCUT2D eigenvalue weighted by Crippen LogP contribution is 2.52. The largest absolute Gasteiger partial charge is 0.497 e. The van der Waals surface area contributed by atoms with Crippen LogP contribution in [-0.2, 0) is 0 Å². The minimum absolute atomic E-state index is 0.180. The Balaban J connectivity index is 1.56. The standard InChI is InChI=1S/C24H28N2O3/c1-16-10-12-24(13-11-16)26-22(20-14-19(28-3)8-9-23(20)29-24)15-21(25-26)17-4-6-18(27-2)7-5-17/h4-9,14,16,22H,10-13,15H2,1-3H3/t16?,22-,24?/m0/s1. The zero-order chi connectivity index (χ0) is 20.0. The minimum Gasteiger partial charge on any atom is -0.497 e. The quantitative estimate of drug-likeness (QED) is 0.724. The van der Waals surface area contributed by atoms with Crippen LogP contribution in [-0.4, -0.2) is 30.7 Å². The molecule has 5 heteroatoms. The van der Waals surface area contributed by atoms with Crippen LogP contribution in [0.5, 0.6) is 17.2 Å². The summed E-state index contributed by atoms with van der Waals surface area (Å²) in [4.78, 5) is 0. The van der Waals surface area contributed by atoms with Gasteiger partial charge in [-0.25, -0.2) is 5.01 Å². The van der Waals surface area contributed by atoms with Crippen molar-refractivity contribution in [3.63, 3.8) is 0 Å². The Labute approximate surface area is 172 Å². The lowest BCUT2D eigenvalue weighted by Gasteiger charge is -2.50. The summed E-state index contributed by atoms with van der Waals surface area (Å²) >= 11 is 0. The van der Waals surface area contributed by atoms with E-state index in [4.69, 9.17) is 19.3 Å². The molecule has 0 bridgehead atoms. The monoisotopic (exact) mass is 392 g/mol. The molecule has 1 saturated carbocycles. The molecule has 29 heavy (non-hydrogen) atoms. The van der Waals surface area contributed by atoms with Crippen molar-refractivity contribution in [3.8, 4) is 17.2 Å². The molecule has 5 nitrogen and oxygen atoms in total. The molecule has 2 heterocycles. The maximum absolute atomic E-state index is 6.69. The normalized spacial score (nSPS) is 27.7. The highest BCUT2D eigenvalue weighted by Gasteiger charge is 2.51. The molecular formula is C24H28N2O3. The van der Waals surface area contributed by atoms with E-state index >= 15 is 0 Å². The van der Waals surface area contributed by atoms with E-state index in [2.05, 4.69) is 36.2 Å². The van der Waals surface area contributed by atoms with Crippen LogP contribution in [0.15, 0.2) is 47.6 Å². The van der Waals surface area contributed by atoms with Crippen LogP contribution in [0.1, 0.15) is 56.2 Å². The third-order valence-corrected chi connectivity index (χ3v) is 6.68. The molecule has 0 unspecified atom stereocenters. The van der Waals surface area contributed by atoms with Gasteiger partial charge in [-0.05, 0) is 66.8 Å². The second kappa shape index (κ2) is 6.97. The first-order valence-corrected chi connectivity index (χ1v) is 10.5. The molecule has 1 fully saturated rings. The summed E-state index contributed by atoms with van der Waals surface area (Å²) in [5, 5.41) is 7.40. The predicted molar refractivity (Wildman–Crippen MR) is 113 cm³/mol. The maximum atomic E-state index is 6.69. The van der Waals surface area contributed by atoms with Gasteiger partial charge < -0.3 is 14.2 Å². The van der Waals surface area contributed by atoms with Gasteiger partial charge in [0.25, 0.3) is 0 Å². The van der Waals surface area contributed by atoms with Gasteiger partial charge in [0.2, 0.25) is 0 Å². The van der Waals surface area contributed by atoms with Crippen molar-refractivity contribution in [3.05, 3.63) is 53.6 Å². The number of hydrogen-bond donors (Lipinski definition) is 0. The molecule has 0 amide bonds. The fourth-order valence-corrected chi connectivity index (χ4v) is 4.89. The lowest BCUT2D eigenvalue weighted by molar-refractivity contribution is -0.145. The van der Waals surface area contributed by atoms with Crippen molar-refractivity contribution in [1.82, 2.24) is 5.01 Å². The van der Waals surface area contributed by atoms with E-state index in [1.807, 2.05) is 18.2 Å². The van der Waals surface area contributed by atoms with Gasteiger partial charge in [0.1, 0.15) is 17.2 Å². The van der Waals surface area contributed by atoms with Gasteiger partial charge in [0.05, 0.1) is 26.0 Å². The Morgan fingerprint density at radius 1 is 1.00 bits per heavy atom. The number of rotatable bonds is 3. The van der Waals surface area contributed by atoms with Crippen molar-refractivity contribution < 1.29 is 14.2 Å². The van der Waals surface area contributed by atoms with E-state index in [0.29, 0.717) is 0 Å². The first-order valence-electron chi connectivity index (χ1n) is 10.5. The number of hydrazone groups is 1. The van der Waals surface area contributed by atoms with Crippen molar-refractivity contribution in [1.29, 1.82) is 0 Å². The van der Waals surface area contributed by atoms with E-state index in [1.165, 1.54) is 18.4 Å².